The van der Waals surface area contributed by atoms with Crippen LogP contribution in [0.25, 0.3) is 0 Å². The molecule has 0 aliphatic carbocycles. The smallest absolute Gasteiger partial charge is 0.264 e. The summed E-state index contributed by atoms with van der Waals surface area (Å²) in [7, 11) is -2.18. The van der Waals surface area contributed by atoms with E-state index in [0.29, 0.717) is 17.7 Å². The highest BCUT2D eigenvalue weighted by Crippen LogP contribution is 2.22. The van der Waals surface area contributed by atoms with Gasteiger partial charge < -0.3 is 0 Å². The molecule has 0 amide bonds. The number of para-hydroxylation sites is 1. The molecule has 0 aromatic heterocycles. The molecule has 0 heterocycles. The van der Waals surface area contributed by atoms with Gasteiger partial charge in [0, 0.05) is 19.0 Å². The summed E-state index contributed by atoms with van der Waals surface area (Å²) in [6, 6.07) is 15.0. The van der Waals surface area contributed by atoms with Crippen molar-refractivity contribution in [2.45, 2.75) is 18.2 Å². The first-order chi connectivity index (χ1) is 9.96. The number of carbonyl (C=O) groups is 1. The van der Waals surface area contributed by atoms with E-state index in [0.717, 1.165) is 0 Å². The molecule has 5 heteroatoms. The molecular formula is C16H17NO3S. The number of Topliss-reactive ketones (excluding diaryl/α,β-unsaturated/α-hetero) is 1. The first-order valence-corrected chi connectivity index (χ1v) is 8.08. The highest BCUT2D eigenvalue weighted by Gasteiger charge is 2.21. The summed E-state index contributed by atoms with van der Waals surface area (Å²) in [5, 5.41) is 0. The minimum absolute atomic E-state index is 0.0746. The van der Waals surface area contributed by atoms with Gasteiger partial charge in [0.1, 0.15) is 0 Å². The molecule has 2 rings (SSSR count). The maximum absolute atomic E-state index is 12.6. The number of carbonyl (C=O) groups excluding carboxylic acids is 1. The van der Waals surface area contributed by atoms with Gasteiger partial charge in [0.2, 0.25) is 0 Å². The topological polar surface area (TPSA) is 54.5 Å². The third kappa shape index (κ3) is 3.13. The van der Waals surface area contributed by atoms with Crippen LogP contribution in [0.3, 0.4) is 0 Å². The quantitative estimate of drug-likeness (QED) is 0.798. The molecule has 0 saturated carbocycles. The van der Waals surface area contributed by atoms with Gasteiger partial charge in [-0.1, -0.05) is 37.3 Å². The third-order valence-electron chi connectivity index (χ3n) is 3.26. The van der Waals surface area contributed by atoms with Crippen LogP contribution in [0, 0.1) is 0 Å². The van der Waals surface area contributed by atoms with E-state index in [2.05, 4.69) is 0 Å². The Labute approximate surface area is 125 Å². The average molecular weight is 303 g/mol. The van der Waals surface area contributed by atoms with Gasteiger partial charge in [-0.2, -0.15) is 0 Å². The molecule has 0 atom stereocenters. The van der Waals surface area contributed by atoms with Crippen molar-refractivity contribution in [3.63, 3.8) is 0 Å². The number of benzene rings is 2. The Hall–Kier alpha value is -2.14. The molecule has 0 aliphatic heterocycles. The Morgan fingerprint density at radius 2 is 1.71 bits per heavy atom. The lowest BCUT2D eigenvalue weighted by atomic mass is 10.1. The number of anilines is 1. The van der Waals surface area contributed by atoms with Crippen LogP contribution in [0.15, 0.2) is 59.5 Å². The summed E-state index contributed by atoms with van der Waals surface area (Å²) in [6.45, 7) is 1.75. The zero-order chi connectivity index (χ0) is 15.5. The lowest BCUT2D eigenvalue weighted by molar-refractivity contribution is 0.0988. The highest BCUT2D eigenvalue weighted by molar-refractivity contribution is 7.92. The molecule has 0 spiro atoms. The Morgan fingerprint density at radius 3 is 2.33 bits per heavy atom. The number of ketones is 1. The molecule has 4 nitrogen and oxygen atoms in total. The van der Waals surface area contributed by atoms with Crippen LogP contribution >= 0.6 is 0 Å². The molecule has 0 fully saturated rings. The second-order valence-corrected chi connectivity index (χ2v) is 6.58. The van der Waals surface area contributed by atoms with E-state index in [4.69, 9.17) is 0 Å². The number of hydrogen-bond acceptors (Lipinski definition) is 3. The largest absolute Gasteiger partial charge is 0.294 e. The fourth-order valence-electron chi connectivity index (χ4n) is 1.97. The van der Waals surface area contributed by atoms with Crippen LogP contribution in [-0.4, -0.2) is 21.2 Å². The first kappa shape index (κ1) is 15.3. The van der Waals surface area contributed by atoms with Crippen molar-refractivity contribution < 1.29 is 13.2 Å². The van der Waals surface area contributed by atoms with Gasteiger partial charge in [0.05, 0.1) is 10.6 Å². The number of sulfonamides is 1. The monoisotopic (exact) mass is 303 g/mol. The number of hydrogen-bond donors (Lipinski definition) is 0. The van der Waals surface area contributed by atoms with E-state index >= 15 is 0 Å². The second kappa shape index (κ2) is 6.10. The predicted molar refractivity (Wildman–Crippen MR) is 83.1 cm³/mol. The number of rotatable bonds is 5. The lowest BCUT2D eigenvalue weighted by Crippen LogP contribution is -2.26. The maximum Gasteiger partial charge on any atom is 0.264 e. The SMILES string of the molecule is CCC(=O)c1cccc(S(=O)(=O)N(C)c2ccccc2)c1. The molecule has 0 aliphatic rings. The van der Waals surface area contributed by atoms with Gasteiger partial charge in [0.15, 0.2) is 5.78 Å². The normalized spacial score (nSPS) is 11.1. The zero-order valence-electron chi connectivity index (χ0n) is 12.0. The molecule has 0 radical (unpaired) electrons. The van der Waals surface area contributed by atoms with Crippen molar-refractivity contribution in [2.75, 3.05) is 11.4 Å². The fourth-order valence-corrected chi connectivity index (χ4v) is 3.21. The molecule has 2 aromatic rings. The molecule has 110 valence electrons. The Kier molecular flexibility index (Phi) is 4.43. The van der Waals surface area contributed by atoms with Crippen molar-refractivity contribution in [1.82, 2.24) is 0 Å². The van der Waals surface area contributed by atoms with Crippen LogP contribution in [0.4, 0.5) is 5.69 Å². The standard InChI is InChI=1S/C16H17NO3S/c1-3-16(18)13-8-7-11-15(12-13)21(19,20)17(2)14-9-5-4-6-10-14/h4-12H,3H2,1-2H3. The van der Waals surface area contributed by atoms with Gasteiger partial charge in [0.25, 0.3) is 10.0 Å². The van der Waals surface area contributed by atoms with Gasteiger partial charge in [-0.25, -0.2) is 8.42 Å². The van der Waals surface area contributed by atoms with E-state index in [1.165, 1.54) is 23.5 Å². The predicted octanol–water partition coefficient (Wildman–Crippen LogP) is 3.10. The van der Waals surface area contributed by atoms with Crippen LogP contribution in [0.1, 0.15) is 23.7 Å². The van der Waals surface area contributed by atoms with E-state index in [9.17, 15) is 13.2 Å². The Bertz CT molecular complexity index is 739. The summed E-state index contributed by atoms with van der Waals surface area (Å²) in [5.41, 5.74) is 0.991. The number of nitrogens with zero attached hydrogens (tertiary/aromatic N) is 1. The van der Waals surface area contributed by atoms with Gasteiger partial charge in [-0.05, 0) is 24.3 Å². The van der Waals surface area contributed by atoms with E-state index in [1.54, 1.807) is 43.3 Å². The molecule has 0 unspecified atom stereocenters. The summed E-state index contributed by atoms with van der Waals surface area (Å²) >= 11 is 0. The molecule has 2 aromatic carbocycles. The van der Waals surface area contributed by atoms with E-state index in [1.807, 2.05) is 6.07 Å². The fraction of sp³-hybridized carbons (Fsp3) is 0.188. The summed E-state index contributed by atoms with van der Waals surface area (Å²) in [5.74, 6) is -0.0746. The van der Waals surface area contributed by atoms with Crippen LogP contribution in [0.2, 0.25) is 0 Å². The van der Waals surface area contributed by atoms with E-state index < -0.39 is 10.0 Å². The summed E-state index contributed by atoms with van der Waals surface area (Å²) < 4.78 is 26.4. The van der Waals surface area contributed by atoms with Crippen molar-refractivity contribution >= 4 is 21.5 Å². The zero-order valence-corrected chi connectivity index (χ0v) is 12.8. The molecule has 0 N–H and O–H groups in total. The van der Waals surface area contributed by atoms with Gasteiger partial charge in [-0.3, -0.25) is 9.10 Å². The minimum Gasteiger partial charge on any atom is -0.294 e. The molecular weight excluding hydrogens is 286 g/mol. The first-order valence-electron chi connectivity index (χ1n) is 6.64. The third-order valence-corrected chi connectivity index (χ3v) is 5.04. The van der Waals surface area contributed by atoms with E-state index in [-0.39, 0.29) is 10.7 Å². The molecule has 0 bridgehead atoms. The second-order valence-electron chi connectivity index (χ2n) is 4.61. The van der Waals surface area contributed by atoms with Crippen molar-refractivity contribution in [2.24, 2.45) is 0 Å². The highest BCUT2D eigenvalue weighted by atomic mass is 32.2. The Morgan fingerprint density at radius 1 is 1.05 bits per heavy atom. The van der Waals surface area contributed by atoms with Gasteiger partial charge >= 0.3 is 0 Å². The molecule has 21 heavy (non-hydrogen) atoms. The van der Waals surface area contributed by atoms with Crippen molar-refractivity contribution in [3.05, 3.63) is 60.2 Å². The minimum atomic E-state index is -3.68. The average Bonchev–Trinajstić information content (AvgIpc) is 2.54. The van der Waals surface area contributed by atoms with Crippen molar-refractivity contribution in [1.29, 1.82) is 0 Å². The van der Waals surface area contributed by atoms with Crippen LogP contribution < -0.4 is 4.31 Å². The van der Waals surface area contributed by atoms with Crippen LogP contribution in [0.5, 0.6) is 0 Å². The summed E-state index contributed by atoms with van der Waals surface area (Å²) in [4.78, 5) is 11.8. The maximum atomic E-state index is 12.6. The lowest BCUT2D eigenvalue weighted by Gasteiger charge is -2.19. The van der Waals surface area contributed by atoms with Crippen molar-refractivity contribution in [3.8, 4) is 0 Å². The van der Waals surface area contributed by atoms with Crippen LogP contribution in [-0.2, 0) is 10.0 Å². The molecule has 0 saturated heterocycles. The Balaban J connectivity index is 2.43. The summed E-state index contributed by atoms with van der Waals surface area (Å²) in [6.07, 6.45) is 0.345. The van der Waals surface area contributed by atoms with Gasteiger partial charge in [-0.15, -0.1) is 0 Å².